The molecule has 2 aromatic carbocycles. The van der Waals surface area contributed by atoms with Crippen molar-refractivity contribution in [1.29, 1.82) is 0 Å². The molecular weight excluding hydrogens is 320 g/mol. The van der Waals surface area contributed by atoms with E-state index in [1.807, 2.05) is 42.6 Å². The minimum atomic E-state index is 0.433. The van der Waals surface area contributed by atoms with Gasteiger partial charge in [0.2, 0.25) is 5.88 Å². The van der Waals surface area contributed by atoms with Crippen molar-refractivity contribution in [3.63, 3.8) is 0 Å². The third kappa shape index (κ3) is 4.12. The first-order valence-corrected chi connectivity index (χ1v) is 9.35. The average Bonchev–Trinajstić information content (AvgIpc) is 2.71. The van der Waals surface area contributed by atoms with Crippen LogP contribution in [0.3, 0.4) is 0 Å². The Morgan fingerprint density at radius 2 is 1.65 bits per heavy atom. The number of para-hydroxylation sites is 1. The Hall–Kier alpha value is -2.65. The van der Waals surface area contributed by atoms with E-state index in [-0.39, 0.29) is 0 Å². The Morgan fingerprint density at radius 3 is 2.38 bits per heavy atom. The fraction of sp³-hybridized carbons (Fsp3) is 0.261. The smallest absolute Gasteiger partial charge is 0.219 e. The van der Waals surface area contributed by atoms with Crippen molar-refractivity contribution in [1.82, 2.24) is 9.88 Å². The molecule has 1 aliphatic rings. The van der Waals surface area contributed by atoms with Gasteiger partial charge < -0.3 is 4.74 Å². The molecule has 3 aromatic rings. The second kappa shape index (κ2) is 8.15. The van der Waals surface area contributed by atoms with Gasteiger partial charge in [0.15, 0.2) is 0 Å². The van der Waals surface area contributed by atoms with Crippen molar-refractivity contribution in [2.75, 3.05) is 6.54 Å². The molecule has 1 aliphatic heterocycles. The summed E-state index contributed by atoms with van der Waals surface area (Å²) in [6, 6.07) is 25.1. The van der Waals surface area contributed by atoms with Crippen LogP contribution < -0.4 is 4.74 Å². The summed E-state index contributed by atoms with van der Waals surface area (Å²) in [5.74, 6) is 1.46. The Balaban J connectivity index is 1.47. The number of nitrogens with zero attached hydrogens (tertiary/aromatic N) is 2. The monoisotopic (exact) mass is 344 g/mol. The first kappa shape index (κ1) is 16.8. The van der Waals surface area contributed by atoms with Crippen LogP contribution in [0.25, 0.3) is 0 Å². The van der Waals surface area contributed by atoms with Gasteiger partial charge in [-0.05, 0) is 42.6 Å². The van der Waals surface area contributed by atoms with Gasteiger partial charge >= 0.3 is 0 Å². The third-order valence-corrected chi connectivity index (χ3v) is 4.95. The quantitative estimate of drug-likeness (QED) is 0.602. The molecule has 0 N–H and O–H groups in total. The summed E-state index contributed by atoms with van der Waals surface area (Å²) < 4.78 is 5.82. The molecule has 4 rings (SSSR count). The number of piperidine rings is 1. The lowest BCUT2D eigenvalue weighted by Crippen LogP contribution is -2.32. The van der Waals surface area contributed by atoms with Crippen LogP contribution in [0.15, 0.2) is 79.0 Å². The van der Waals surface area contributed by atoms with Crippen LogP contribution in [0.4, 0.5) is 0 Å². The zero-order valence-corrected chi connectivity index (χ0v) is 14.9. The van der Waals surface area contributed by atoms with E-state index in [4.69, 9.17) is 4.74 Å². The van der Waals surface area contributed by atoms with E-state index in [0.29, 0.717) is 11.9 Å². The van der Waals surface area contributed by atoms with Gasteiger partial charge in [-0.1, -0.05) is 61.0 Å². The summed E-state index contributed by atoms with van der Waals surface area (Å²) in [7, 11) is 0. The zero-order chi connectivity index (χ0) is 17.6. The summed E-state index contributed by atoms with van der Waals surface area (Å²) in [6.07, 6.45) is 5.71. The largest absolute Gasteiger partial charge is 0.439 e. The normalized spacial score (nSPS) is 17.8. The van der Waals surface area contributed by atoms with Gasteiger partial charge in [-0.15, -0.1) is 0 Å². The van der Waals surface area contributed by atoms with Gasteiger partial charge in [-0.3, -0.25) is 4.90 Å². The SMILES string of the molecule is c1ccc(CN2CCCCC2c2ccc(Oc3ccccc3)nc2)cc1. The first-order chi connectivity index (χ1) is 12.9. The number of hydrogen-bond donors (Lipinski definition) is 0. The van der Waals surface area contributed by atoms with E-state index in [0.717, 1.165) is 18.8 Å². The van der Waals surface area contributed by atoms with Gasteiger partial charge in [0.25, 0.3) is 0 Å². The highest BCUT2D eigenvalue weighted by molar-refractivity contribution is 5.28. The maximum atomic E-state index is 5.82. The number of pyridine rings is 1. The second-order valence-electron chi connectivity index (χ2n) is 6.81. The maximum absolute atomic E-state index is 5.82. The van der Waals surface area contributed by atoms with Crippen LogP contribution in [0.1, 0.15) is 36.4 Å². The molecule has 0 radical (unpaired) electrons. The lowest BCUT2D eigenvalue weighted by molar-refractivity contribution is 0.140. The highest BCUT2D eigenvalue weighted by Gasteiger charge is 2.24. The predicted molar refractivity (Wildman–Crippen MR) is 104 cm³/mol. The standard InChI is InChI=1S/C23H24N2O/c1-3-9-19(10-4-1)18-25-16-8-7-13-22(25)20-14-15-23(24-17-20)26-21-11-5-2-6-12-21/h1-6,9-12,14-15,17,22H,7-8,13,16,18H2. The van der Waals surface area contributed by atoms with E-state index >= 15 is 0 Å². The molecule has 0 spiro atoms. The predicted octanol–water partition coefficient (Wildman–Crippen LogP) is 5.60. The van der Waals surface area contributed by atoms with Crippen molar-refractivity contribution in [3.05, 3.63) is 90.1 Å². The molecule has 1 unspecified atom stereocenters. The molecule has 1 fully saturated rings. The van der Waals surface area contributed by atoms with Gasteiger partial charge in [0, 0.05) is 24.8 Å². The van der Waals surface area contributed by atoms with E-state index < -0.39 is 0 Å². The third-order valence-electron chi connectivity index (χ3n) is 4.95. The van der Waals surface area contributed by atoms with Crippen molar-refractivity contribution in [2.24, 2.45) is 0 Å². The summed E-state index contributed by atoms with van der Waals surface area (Å²) in [6.45, 7) is 2.13. The molecule has 3 heteroatoms. The van der Waals surface area contributed by atoms with Crippen molar-refractivity contribution >= 4 is 0 Å². The number of ether oxygens (including phenoxy) is 1. The molecule has 0 aliphatic carbocycles. The zero-order valence-electron chi connectivity index (χ0n) is 14.9. The highest BCUT2D eigenvalue weighted by Crippen LogP contribution is 2.32. The van der Waals surface area contributed by atoms with Crippen LogP contribution in [-0.4, -0.2) is 16.4 Å². The number of likely N-dealkylation sites (tertiary alicyclic amines) is 1. The van der Waals surface area contributed by atoms with Crippen LogP contribution in [0.2, 0.25) is 0 Å². The van der Waals surface area contributed by atoms with Crippen LogP contribution in [0.5, 0.6) is 11.6 Å². The first-order valence-electron chi connectivity index (χ1n) is 9.35. The lowest BCUT2D eigenvalue weighted by atomic mass is 9.96. The summed E-state index contributed by atoms with van der Waals surface area (Å²) in [4.78, 5) is 7.12. The van der Waals surface area contributed by atoms with Gasteiger partial charge in [-0.2, -0.15) is 0 Å². The van der Waals surface area contributed by atoms with Crippen molar-refractivity contribution < 1.29 is 4.74 Å². The summed E-state index contributed by atoms with van der Waals surface area (Å²) in [5.41, 5.74) is 2.65. The van der Waals surface area contributed by atoms with Crippen LogP contribution >= 0.6 is 0 Å². The Kier molecular flexibility index (Phi) is 5.27. The molecule has 0 amide bonds. The number of hydrogen-bond acceptors (Lipinski definition) is 3. The Labute approximate surface area is 155 Å². The number of benzene rings is 2. The van der Waals surface area contributed by atoms with E-state index in [1.54, 1.807) is 0 Å². The maximum Gasteiger partial charge on any atom is 0.219 e. The van der Waals surface area contributed by atoms with Crippen molar-refractivity contribution in [3.8, 4) is 11.6 Å². The molecule has 26 heavy (non-hydrogen) atoms. The molecular formula is C23H24N2O. The summed E-state index contributed by atoms with van der Waals surface area (Å²) in [5, 5.41) is 0. The Bertz CT molecular complexity index is 803. The minimum Gasteiger partial charge on any atom is -0.439 e. The molecule has 3 nitrogen and oxygen atoms in total. The fourth-order valence-corrected chi connectivity index (χ4v) is 3.63. The van der Waals surface area contributed by atoms with E-state index in [9.17, 15) is 0 Å². The van der Waals surface area contributed by atoms with Crippen molar-refractivity contribution in [2.45, 2.75) is 31.8 Å². The second-order valence-corrected chi connectivity index (χ2v) is 6.81. The molecule has 2 heterocycles. The molecule has 1 atom stereocenters. The molecule has 0 saturated carbocycles. The van der Waals surface area contributed by atoms with E-state index in [1.165, 1.54) is 30.4 Å². The molecule has 1 saturated heterocycles. The molecule has 1 aromatic heterocycles. The number of rotatable bonds is 5. The fourth-order valence-electron chi connectivity index (χ4n) is 3.63. The number of aromatic nitrogens is 1. The van der Waals surface area contributed by atoms with E-state index in [2.05, 4.69) is 46.3 Å². The van der Waals surface area contributed by atoms with Gasteiger partial charge in [0.05, 0.1) is 0 Å². The average molecular weight is 344 g/mol. The Morgan fingerprint density at radius 1 is 0.885 bits per heavy atom. The van der Waals surface area contributed by atoms with Gasteiger partial charge in [0.1, 0.15) is 5.75 Å². The summed E-state index contributed by atoms with van der Waals surface area (Å²) >= 11 is 0. The highest BCUT2D eigenvalue weighted by atomic mass is 16.5. The van der Waals surface area contributed by atoms with Gasteiger partial charge in [-0.25, -0.2) is 4.98 Å². The molecule has 132 valence electrons. The van der Waals surface area contributed by atoms with Crippen LogP contribution in [-0.2, 0) is 6.54 Å². The topological polar surface area (TPSA) is 25.4 Å². The lowest BCUT2D eigenvalue weighted by Gasteiger charge is -2.36. The van der Waals surface area contributed by atoms with Crippen LogP contribution in [0, 0.1) is 0 Å². The molecule has 0 bridgehead atoms. The minimum absolute atomic E-state index is 0.433.